The summed E-state index contributed by atoms with van der Waals surface area (Å²) in [6.07, 6.45) is 8.74. The molecule has 0 aromatic carbocycles. The zero-order valence-corrected chi connectivity index (χ0v) is 11.7. The fourth-order valence-electron chi connectivity index (χ4n) is 2.40. The van der Waals surface area contributed by atoms with E-state index < -0.39 is 6.03 Å². The highest BCUT2D eigenvalue weighted by Crippen LogP contribution is 2.41. The van der Waals surface area contributed by atoms with Crippen LogP contribution in [0.5, 0.6) is 0 Å². The Morgan fingerprint density at radius 3 is 2.83 bits per heavy atom. The average molecular weight is 249 g/mol. The molecular formula is C14H23N3O. The lowest BCUT2D eigenvalue weighted by Gasteiger charge is -2.36. The monoisotopic (exact) mass is 249 g/mol. The zero-order chi connectivity index (χ0) is 13.8. The largest absolute Gasteiger partial charge is 0.350 e. The van der Waals surface area contributed by atoms with Gasteiger partial charge in [0.05, 0.1) is 5.71 Å². The van der Waals surface area contributed by atoms with Crippen LogP contribution in [0.2, 0.25) is 0 Å². The fourth-order valence-corrected chi connectivity index (χ4v) is 2.40. The third kappa shape index (κ3) is 4.02. The lowest BCUT2D eigenvalue weighted by atomic mass is 9.68. The molecule has 4 heteroatoms. The van der Waals surface area contributed by atoms with E-state index in [9.17, 15) is 4.79 Å². The lowest BCUT2D eigenvalue weighted by Crippen LogP contribution is -2.27. The minimum absolute atomic E-state index is 0.271. The standard InChI is InChI=1S/C14H23N3O/c1-10-6-5-9-14(3,4)12(10)8-7-11(2)16-17-13(15)18/h6-8,12H,5,9H2,1-4H3,(H3,15,17,18). The van der Waals surface area contributed by atoms with Crippen LogP contribution >= 0.6 is 0 Å². The first-order valence-corrected chi connectivity index (χ1v) is 6.27. The molecule has 0 radical (unpaired) electrons. The number of amides is 2. The number of nitrogens with zero attached hydrogens (tertiary/aromatic N) is 1. The van der Waals surface area contributed by atoms with Crippen LogP contribution in [0.3, 0.4) is 0 Å². The first kappa shape index (κ1) is 14.5. The molecule has 0 saturated heterocycles. The van der Waals surface area contributed by atoms with Crippen molar-refractivity contribution in [2.75, 3.05) is 0 Å². The Morgan fingerprint density at radius 1 is 1.61 bits per heavy atom. The van der Waals surface area contributed by atoms with Gasteiger partial charge in [0.15, 0.2) is 0 Å². The van der Waals surface area contributed by atoms with E-state index in [1.807, 2.05) is 13.0 Å². The topological polar surface area (TPSA) is 67.5 Å². The third-order valence-electron chi connectivity index (χ3n) is 3.46. The molecule has 1 aliphatic carbocycles. The number of carbonyl (C=O) groups is 1. The summed E-state index contributed by atoms with van der Waals surface area (Å²) in [5.74, 6) is 0.421. The number of allylic oxidation sites excluding steroid dienone is 4. The van der Waals surface area contributed by atoms with Gasteiger partial charge in [-0.05, 0) is 38.2 Å². The predicted octanol–water partition coefficient (Wildman–Crippen LogP) is 2.97. The summed E-state index contributed by atoms with van der Waals surface area (Å²) in [6, 6.07) is -0.642. The molecule has 0 spiro atoms. The first-order chi connectivity index (χ1) is 8.33. The van der Waals surface area contributed by atoms with Gasteiger partial charge in [-0.15, -0.1) is 0 Å². The molecule has 18 heavy (non-hydrogen) atoms. The van der Waals surface area contributed by atoms with Gasteiger partial charge < -0.3 is 5.73 Å². The number of hydrogen-bond donors (Lipinski definition) is 2. The Morgan fingerprint density at radius 2 is 2.28 bits per heavy atom. The number of rotatable bonds is 3. The van der Waals surface area contributed by atoms with Gasteiger partial charge in [0.1, 0.15) is 0 Å². The Bertz CT molecular complexity index is 405. The van der Waals surface area contributed by atoms with E-state index in [4.69, 9.17) is 5.73 Å². The van der Waals surface area contributed by atoms with E-state index in [2.05, 4.69) is 43.5 Å². The van der Waals surface area contributed by atoms with E-state index in [1.54, 1.807) is 0 Å². The minimum atomic E-state index is -0.642. The molecule has 0 bridgehead atoms. The van der Waals surface area contributed by atoms with Crippen molar-refractivity contribution < 1.29 is 4.79 Å². The maximum atomic E-state index is 10.5. The zero-order valence-electron chi connectivity index (χ0n) is 11.7. The second-order valence-electron chi connectivity index (χ2n) is 5.54. The Balaban J connectivity index is 2.76. The van der Waals surface area contributed by atoms with Crippen LogP contribution in [-0.2, 0) is 0 Å². The molecule has 1 atom stereocenters. The van der Waals surface area contributed by atoms with Gasteiger partial charge >= 0.3 is 6.03 Å². The summed E-state index contributed by atoms with van der Waals surface area (Å²) < 4.78 is 0. The normalized spacial score (nSPS) is 23.9. The molecule has 3 N–H and O–H groups in total. The molecule has 1 rings (SSSR count). The van der Waals surface area contributed by atoms with E-state index >= 15 is 0 Å². The number of nitrogens with two attached hydrogens (primary N) is 1. The molecule has 0 fully saturated rings. The van der Waals surface area contributed by atoms with Crippen LogP contribution in [0.25, 0.3) is 0 Å². The van der Waals surface area contributed by atoms with Gasteiger partial charge in [0.25, 0.3) is 0 Å². The smallest absolute Gasteiger partial charge is 0.332 e. The van der Waals surface area contributed by atoms with Crippen molar-refractivity contribution in [3.63, 3.8) is 0 Å². The maximum absolute atomic E-state index is 10.5. The molecular weight excluding hydrogens is 226 g/mol. The molecule has 0 aromatic rings. The fraction of sp³-hybridized carbons (Fsp3) is 0.571. The number of nitrogens with one attached hydrogen (secondary N) is 1. The maximum Gasteiger partial charge on any atom is 0.332 e. The number of primary amides is 1. The summed E-state index contributed by atoms with van der Waals surface area (Å²) in [6.45, 7) is 8.57. The van der Waals surface area contributed by atoms with E-state index in [0.717, 1.165) is 12.1 Å². The molecule has 0 saturated carbocycles. The Hall–Kier alpha value is -1.58. The lowest BCUT2D eigenvalue weighted by molar-refractivity contribution is 0.249. The summed E-state index contributed by atoms with van der Waals surface area (Å²) in [5.41, 5.74) is 9.59. The van der Waals surface area contributed by atoms with Crippen LogP contribution in [-0.4, -0.2) is 11.7 Å². The van der Waals surface area contributed by atoms with Gasteiger partial charge in [0, 0.05) is 5.92 Å². The van der Waals surface area contributed by atoms with Crippen LogP contribution < -0.4 is 11.2 Å². The van der Waals surface area contributed by atoms with Crippen molar-refractivity contribution in [2.45, 2.75) is 40.5 Å². The van der Waals surface area contributed by atoms with Crippen LogP contribution in [0, 0.1) is 11.3 Å². The average Bonchev–Trinajstić information content (AvgIpc) is 2.24. The van der Waals surface area contributed by atoms with Crippen LogP contribution in [0.1, 0.15) is 40.5 Å². The molecule has 2 amide bonds. The number of carbonyl (C=O) groups excluding carboxylic acids is 1. The third-order valence-corrected chi connectivity index (χ3v) is 3.46. The van der Waals surface area contributed by atoms with Crippen molar-refractivity contribution in [1.82, 2.24) is 5.43 Å². The minimum Gasteiger partial charge on any atom is -0.350 e. The molecule has 1 aliphatic rings. The number of hydrogen-bond acceptors (Lipinski definition) is 2. The molecule has 1 unspecified atom stereocenters. The first-order valence-electron chi connectivity index (χ1n) is 6.27. The van der Waals surface area contributed by atoms with E-state index in [-0.39, 0.29) is 5.41 Å². The molecule has 100 valence electrons. The molecule has 0 heterocycles. The highest BCUT2D eigenvalue weighted by Gasteiger charge is 2.30. The summed E-state index contributed by atoms with van der Waals surface area (Å²) in [4.78, 5) is 10.5. The number of urea groups is 1. The Kier molecular flexibility index (Phi) is 4.70. The SMILES string of the molecule is CC1=CCCC(C)(C)C1C=CC(C)=NNC(N)=O. The second kappa shape index (κ2) is 5.85. The van der Waals surface area contributed by atoms with Crippen molar-refractivity contribution >= 4 is 11.7 Å². The summed E-state index contributed by atoms with van der Waals surface area (Å²) in [5, 5.41) is 3.87. The molecule has 4 nitrogen and oxygen atoms in total. The predicted molar refractivity (Wildman–Crippen MR) is 75.2 cm³/mol. The van der Waals surface area contributed by atoms with Crippen molar-refractivity contribution in [3.8, 4) is 0 Å². The van der Waals surface area contributed by atoms with Crippen LogP contribution in [0.15, 0.2) is 28.9 Å². The van der Waals surface area contributed by atoms with Crippen molar-refractivity contribution in [1.29, 1.82) is 0 Å². The summed E-state index contributed by atoms with van der Waals surface area (Å²) >= 11 is 0. The van der Waals surface area contributed by atoms with E-state index in [0.29, 0.717) is 5.92 Å². The highest BCUT2D eigenvalue weighted by molar-refractivity contribution is 5.93. The van der Waals surface area contributed by atoms with Crippen molar-refractivity contribution in [3.05, 3.63) is 23.8 Å². The molecule has 0 aromatic heterocycles. The Labute approximate surface area is 109 Å². The highest BCUT2D eigenvalue weighted by atomic mass is 16.2. The van der Waals surface area contributed by atoms with E-state index in [1.165, 1.54) is 12.0 Å². The van der Waals surface area contributed by atoms with Gasteiger partial charge in [0.2, 0.25) is 0 Å². The van der Waals surface area contributed by atoms with Crippen LogP contribution in [0.4, 0.5) is 4.79 Å². The van der Waals surface area contributed by atoms with Gasteiger partial charge in [-0.2, -0.15) is 5.10 Å². The summed E-state index contributed by atoms with van der Waals surface area (Å²) in [7, 11) is 0. The van der Waals surface area contributed by atoms with Crippen molar-refractivity contribution in [2.24, 2.45) is 22.2 Å². The van der Waals surface area contributed by atoms with Gasteiger partial charge in [-0.3, -0.25) is 0 Å². The number of hydrazone groups is 1. The van der Waals surface area contributed by atoms with Gasteiger partial charge in [-0.1, -0.05) is 31.6 Å². The molecule has 0 aliphatic heterocycles. The van der Waals surface area contributed by atoms with Gasteiger partial charge in [-0.25, -0.2) is 10.2 Å². The second-order valence-corrected chi connectivity index (χ2v) is 5.54. The quantitative estimate of drug-likeness (QED) is 0.450.